The van der Waals surface area contributed by atoms with Crippen molar-refractivity contribution in [1.82, 2.24) is 4.98 Å². The van der Waals surface area contributed by atoms with Crippen molar-refractivity contribution in [1.29, 1.82) is 0 Å². The Bertz CT molecular complexity index is 2080. The van der Waals surface area contributed by atoms with Gasteiger partial charge in [0, 0.05) is 58.5 Å². The maximum absolute atomic E-state index is 12.2. The maximum atomic E-state index is 12.2. The number of pyridine rings is 1. The number of ketones is 1. The molecule has 0 spiro atoms. The number of nitrogens with zero attached hydrogens (tertiary/aromatic N) is 1. The van der Waals surface area contributed by atoms with Crippen LogP contribution in [0.25, 0.3) is 42.6 Å². The van der Waals surface area contributed by atoms with E-state index < -0.39 is 8.07 Å². The monoisotopic (exact) mass is 939 g/mol. The van der Waals surface area contributed by atoms with Crippen molar-refractivity contribution in [2.24, 2.45) is 10.8 Å². The van der Waals surface area contributed by atoms with Gasteiger partial charge in [0.2, 0.25) is 0 Å². The van der Waals surface area contributed by atoms with Crippen LogP contribution >= 0.6 is 11.3 Å². The van der Waals surface area contributed by atoms with Crippen LogP contribution in [0, 0.1) is 30.7 Å². The van der Waals surface area contributed by atoms with E-state index in [-0.39, 0.29) is 42.5 Å². The van der Waals surface area contributed by atoms with Crippen molar-refractivity contribution in [2.45, 2.75) is 133 Å². The number of thiophene rings is 1. The standard InChI is InChI=1S/C33H36NSSi.C15H28O2.Ir/c1-8-23(9-2)30-20-25(19-24-12-10-11-13-29(24)30)31-33-28(16-17-34-31)22(4)32(35-33)27-15-14-26(18-21(27)3)36(5,6)7;1-7-14(5,8-2)12(16)11-13(17)15(6,9-3)10-4;/h10-18,20,23H,8-9H2,1-7H3;11,16H,7-10H2,1-6H3;/q-1;;/b;12-11-;. The van der Waals surface area contributed by atoms with Crippen LogP contribution in [0.2, 0.25) is 19.6 Å². The van der Waals surface area contributed by atoms with E-state index >= 15 is 0 Å². The Morgan fingerprint density at radius 3 is 2.04 bits per heavy atom. The molecule has 1 radical (unpaired) electrons. The Labute approximate surface area is 345 Å². The fourth-order valence-corrected chi connectivity index (χ4v) is 9.75. The fourth-order valence-electron chi connectivity index (χ4n) is 7.12. The molecule has 0 fully saturated rings. The van der Waals surface area contributed by atoms with Gasteiger partial charge in [-0.25, -0.2) is 0 Å². The molecule has 3 aromatic carbocycles. The average Bonchev–Trinajstić information content (AvgIpc) is 3.49. The molecule has 0 unspecified atom stereocenters. The second-order valence-corrected chi connectivity index (χ2v) is 22.6. The van der Waals surface area contributed by atoms with Crippen molar-refractivity contribution >= 4 is 51.2 Å². The van der Waals surface area contributed by atoms with Crippen LogP contribution in [0.1, 0.15) is 117 Å². The van der Waals surface area contributed by atoms with Gasteiger partial charge in [-0.05, 0) is 73.6 Å². The second kappa shape index (κ2) is 18.8. The number of aliphatic hydroxyl groups is 1. The molecule has 6 heteroatoms. The molecular formula is C48H64IrNO2SSi-. The first-order valence-electron chi connectivity index (χ1n) is 19.9. The van der Waals surface area contributed by atoms with Gasteiger partial charge in [0.05, 0.1) is 8.07 Å². The van der Waals surface area contributed by atoms with Gasteiger partial charge < -0.3 is 5.11 Å². The molecule has 0 aliphatic carbocycles. The molecule has 5 rings (SSSR count). The number of hydrogen-bond donors (Lipinski definition) is 1. The van der Waals surface area contributed by atoms with E-state index in [4.69, 9.17) is 4.98 Å². The molecule has 0 saturated carbocycles. The van der Waals surface area contributed by atoms with E-state index in [1.807, 2.05) is 59.1 Å². The summed E-state index contributed by atoms with van der Waals surface area (Å²) in [4.78, 5) is 18.5. The zero-order valence-corrected chi connectivity index (χ0v) is 39.4. The summed E-state index contributed by atoms with van der Waals surface area (Å²) in [6, 6.07) is 24.1. The van der Waals surface area contributed by atoms with Gasteiger partial charge in [0.25, 0.3) is 0 Å². The number of carbonyl (C=O) groups is 1. The van der Waals surface area contributed by atoms with Gasteiger partial charge >= 0.3 is 0 Å². The zero-order valence-electron chi connectivity index (χ0n) is 35.2. The van der Waals surface area contributed by atoms with Gasteiger partial charge in [0.1, 0.15) is 5.76 Å². The normalized spacial score (nSPS) is 12.5. The molecular weight excluding hydrogens is 875 g/mol. The summed E-state index contributed by atoms with van der Waals surface area (Å²) >= 11 is 1.89. The molecule has 0 atom stereocenters. The van der Waals surface area contributed by atoms with Gasteiger partial charge in [-0.2, -0.15) is 0 Å². The summed E-state index contributed by atoms with van der Waals surface area (Å²) in [5.74, 6) is 0.823. The van der Waals surface area contributed by atoms with Gasteiger partial charge in [-0.1, -0.05) is 140 Å². The average molecular weight is 939 g/mol. The smallest absolute Gasteiger partial charge is 0.164 e. The third kappa shape index (κ3) is 9.55. The van der Waals surface area contributed by atoms with Crippen LogP contribution in [-0.4, -0.2) is 23.9 Å². The van der Waals surface area contributed by atoms with Crippen LogP contribution in [-0.2, 0) is 24.9 Å². The first-order valence-corrected chi connectivity index (χ1v) is 24.2. The minimum atomic E-state index is -1.34. The molecule has 0 aliphatic rings. The van der Waals surface area contributed by atoms with Crippen LogP contribution in [0.15, 0.2) is 72.6 Å². The Kier molecular flexibility index (Phi) is 15.9. The predicted molar refractivity (Wildman–Crippen MR) is 236 cm³/mol. The van der Waals surface area contributed by atoms with Crippen molar-refractivity contribution in [3.05, 3.63) is 95.4 Å². The molecule has 0 bridgehead atoms. The third-order valence-corrected chi connectivity index (χ3v) is 15.7. The predicted octanol–water partition coefficient (Wildman–Crippen LogP) is 14.3. The summed E-state index contributed by atoms with van der Waals surface area (Å²) in [6.45, 7) is 28.5. The van der Waals surface area contributed by atoms with E-state index in [1.165, 1.54) is 59.3 Å². The molecule has 0 saturated heterocycles. The number of rotatable bonds is 13. The van der Waals surface area contributed by atoms with E-state index in [0.29, 0.717) is 5.92 Å². The van der Waals surface area contributed by atoms with Gasteiger partial charge in [0.15, 0.2) is 5.78 Å². The first kappa shape index (κ1) is 45.5. The molecule has 0 aliphatic heterocycles. The summed E-state index contributed by atoms with van der Waals surface area (Å²) in [6.07, 6.45) is 9.00. The van der Waals surface area contributed by atoms with Crippen LogP contribution in [0.3, 0.4) is 0 Å². The van der Waals surface area contributed by atoms with E-state index in [9.17, 15) is 9.90 Å². The van der Waals surface area contributed by atoms with Gasteiger partial charge in [-0.3, -0.25) is 9.78 Å². The largest absolute Gasteiger partial charge is 0.512 e. The number of carbonyl (C=O) groups excluding carboxylic acids is 1. The summed E-state index contributed by atoms with van der Waals surface area (Å²) in [5.41, 5.74) is 7.06. The van der Waals surface area contributed by atoms with Gasteiger partial charge in [-0.15, -0.1) is 40.5 Å². The van der Waals surface area contributed by atoms with Crippen molar-refractivity contribution in [3.63, 3.8) is 0 Å². The number of allylic oxidation sites excluding steroid dienone is 2. The van der Waals surface area contributed by atoms with Crippen molar-refractivity contribution < 1.29 is 30.0 Å². The first-order chi connectivity index (χ1) is 25.0. The van der Waals surface area contributed by atoms with Crippen LogP contribution < -0.4 is 5.19 Å². The number of aryl methyl sites for hydroxylation is 2. The van der Waals surface area contributed by atoms with Crippen LogP contribution in [0.4, 0.5) is 0 Å². The molecule has 2 aromatic heterocycles. The maximum Gasteiger partial charge on any atom is 0.164 e. The molecule has 2 heterocycles. The third-order valence-electron chi connectivity index (χ3n) is 12.3. The molecule has 0 amide bonds. The zero-order chi connectivity index (χ0) is 39.3. The van der Waals surface area contributed by atoms with Crippen LogP contribution in [0.5, 0.6) is 0 Å². The number of aromatic nitrogens is 1. The van der Waals surface area contributed by atoms with E-state index in [1.54, 1.807) is 0 Å². The van der Waals surface area contributed by atoms with Crippen molar-refractivity contribution in [2.75, 3.05) is 0 Å². The molecule has 293 valence electrons. The minimum Gasteiger partial charge on any atom is -0.512 e. The topological polar surface area (TPSA) is 50.2 Å². The Balaban J connectivity index is 0.000000372. The Morgan fingerprint density at radius 2 is 1.48 bits per heavy atom. The Morgan fingerprint density at radius 1 is 0.870 bits per heavy atom. The van der Waals surface area contributed by atoms with E-state index in [2.05, 4.69) is 108 Å². The summed E-state index contributed by atoms with van der Waals surface area (Å²) < 4.78 is 1.26. The quantitative estimate of drug-likeness (QED) is 0.0554. The number of benzene rings is 3. The minimum absolute atomic E-state index is 0. The molecule has 5 aromatic rings. The molecule has 3 nitrogen and oxygen atoms in total. The summed E-state index contributed by atoms with van der Waals surface area (Å²) in [7, 11) is -1.34. The molecule has 54 heavy (non-hydrogen) atoms. The number of aliphatic hydroxyl groups excluding tert-OH is 1. The number of hydrogen-bond acceptors (Lipinski definition) is 4. The second-order valence-electron chi connectivity index (χ2n) is 16.5. The fraction of sp³-hybridized carbons (Fsp3) is 0.458. The Hall–Kier alpha value is -2.89. The molecule has 1 N–H and O–H groups in total. The number of fused-ring (bicyclic) bond motifs is 2. The SMILES string of the molecule is CCC(C)(CC)C(=O)/C=C(\O)C(C)(CC)CC.CCC(CC)c1cc(-c2nccc3c(C)c(-c4ccc([Si](C)(C)C)cc4C)sc23)[c-]c2ccccc12.[Ir]. The summed E-state index contributed by atoms with van der Waals surface area (Å²) in [5, 5.41) is 15.5. The van der Waals surface area contributed by atoms with E-state index in [0.717, 1.165) is 49.8 Å². The van der Waals surface area contributed by atoms with Crippen molar-refractivity contribution in [3.8, 4) is 21.7 Å².